The molecule has 0 spiro atoms. The van der Waals surface area contributed by atoms with Crippen LogP contribution in [0.2, 0.25) is 0 Å². The van der Waals surface area contributed by atoms with Crippen LogP contribution in [0, 0.1) is 0 Å². The van der Waals surface area contributed by atoms with Gasteiger partial charge in [0.05, 0.1) is 0 Å². The quantitative estimate of drug-likeness (QED) is 0.523. The first kappa shape index (κ1) is 12.9. The van der Waals surface area contributed by atoms with E-state index in [0.29, 0.717) is 35.8 Å². The molecule has 0 aliphatic heterocycles. The third-order valence-corrected chi connectivity index (χ3v) is 3.06. The van der Waals surface area contributed by atoms with E-state index in [9.17, 15) is 4.79 Å². The lowest BCUT2D eigenvalue weighted by Crippen LogP contribution is -2.27. The minimum absolute atomic E-state index is 0.0807. The number of anilines is 2. The fraction of sp³-hybridized carbons (Fsp3) is 0.545. The molecule has 1 aromatic rings. The number of thioether (sulfide) groups is 1. The summed E-state index contributed by atoms with van der Waals surface area (Å²) in [7, 11) is 0. The lowest BCUT2D eigenvalue weighted by molar-refractivity contribution is -0.120. The van der Waals surface area contributed by atoms with E-state index in [1.165, 1.54) is 11.8 Å². The summed E-state index contributed by atoms with van der Waals surface area (Å²) in [5, 5.41) is 6.64. The monoisotopic (exact) mass is 267 g/mol. The summed E-state index contributed by atoms with van der Waals surface area (Å²) in [6.45, 7) is 0.544. The predicted molar refractivity (Wildman–Crippen MR) is 72.5 cm³/mol. The highest BCUT2D eigenvalue weighted by molar-refractivity contribution is 7.98. The first-order valence-corrected chi connectivity index (χ1v) is 7.11. The zero-order valence-corrected chi connectivity index (χ0v) is 11.1. The Labute approximate surface area is 110 Å². The average Bonchev–Trinajstić information content (AvgIpc) is 3.12. The fourth-order valence-corrected chi connectivity index (χ4v) is 1.84. The number of nitrogens with zero attached hydrogens (tertiary/aromatic N) is 2. The van der Waals surface area contributed by atoms with Crippen molar-refractivity contribution in [3.8, 4) is 0 Å². The van der Waals surface area contributed by atoms with Crippen molar-refractivity contribution in [3.63, 3.8) is 0 Å². The standard InChI is InChI=1S/C11H17N5OS/c1-18-11-15-8(12)6-9(16-11)13-5-4-10(17)14-7-2-3-7/h6-7H,2-5H2,1H3,(H,14,17)(H3,12,13,15,16). The van der Waals surface area contributed by atoms with Crippen LogP contribution in [0.4, 0.5) is 11.6 Å². The Morgan fingerprint density at radius 3 is 3.00 bits per heavy atom. The number of carbonyl (C=O) groups excluding carboxylic acids is 1. The number of hydrogen-bond acceptors (Lipinski definition) is 6. The summed E-state index contributed by atoms with van der Waals surface area (Å²) < 4.78 is 0. The first-order valence-electron chi connectivity index (χ1n) is 5.89. The largest absolute Gasteiger partial charge is 0.383 e. The maximum Gasteiger partial charge on any atom is 0.221 e. The summed E-state index contributed by atoms with van der Waals surface area (Å²) in [5.74, 6) is 1.17. The first-order chi connectivity index (χ1) is 8.67. The molecule has 1 fully saturated rings. The van der Waals surface area contributed by atoms with E-state index in [4.69, 9.17) is 5.73 Å². The van der Waals surface area contributed by atoms with E-state index >= 15 is 0 Å². The third-order valence-electron chi connectivity index (χ3n) is 2.51. The number of aromatic nitrogens is 2. The van der Waals surface area contributed by atoms with E-state index < -0.39 is 0 Å². The van der Waals surface area contributed by atoms with Gasteiger partial charge in [-0.15, -0.1) is 0 Å². The highest BCUT2D eigenvalue weighted by Gasteiger charge is 2.22. The van der Waals surface area contributed by atoms with Gasteiger partial charge in [-0.25, -0.2) is 9.97 Å². The topological polar surface area (TPSA) is 92.9 Å². The Bertz CT molecular complexity index is 435. The van der Waals surface area contributed by atoms with Gasteiger partial charge in [0.1, 0.15) is 11.6 Å². The van der Waals surface area contributed by atoms with E-state index in [0.717, 1.165) is 12.8 Å². The van der Waals surface area contributed by atoms with Crippen LogP contribution in [0.3, 0.4) is 0 Å². The van der Waals surface area contributed by atoms with Crippen molar-refractivity contribution >= 4 is 29.3 Å². The molecule has 0 saturated heterocycles. The molecule has 7 heteroatoms. The second-order valence-corrected chi connectivity index (χ2v) is 4.96. The zero-order chi connectivity index (χ0) is 13.0. The molecule has 1 amide bonds. The van der Waals surface area contributed by atoms with Gasteiger partial charge < -0.3 is 16.4 Å². The highest BCUT2D eigenvalue weighted by atomic mass is 32.2. The molecule has 0 atom stereocenters. The minimum Gasteiger partial charge on any atom is -0.383 e. The van der Waals surface area contributed by atoms with Gasteiger partial charge in [-0.2, -0.15) is 0 Å². The molecule has 0 radical (unpaired) electrons. The number of nitrogens with one attached hydrogen (secondary N) is 2. The number of nitrogens with two attached hydrogens (primary N) is 1. The van der Waals surface area contributed by atoms with E-state index in [1.807, 2.05) is 6.26 Å². The van der Waals surface area contributed by atoms with Crippen molar-refractivity contribution in [2.75, 3.05) is 23.9 Å². The maximum atomic E-state index is 11.5. The molecule has 1 aliphatic carbocycles. The van der Waals surface area contributed by atoms with Crippen LogP contribution in [0.15, 0.2) is 11.2 Å². The number of hydrogen-bond donors (Lipinski definition) is 3. The molecular weight excluding hydrogens is 250 g/mol. The number of amides is 1. The minimum atomic E-state index is 0.0807. The normalized spacial score (nSPS) is 14.3. The lowest BCUT2D eigenvalue weighted by Gasteiger charge is -2.07. The highest BCUT2D eigenvalue weighted by Crippen LogP contribution is 2.18. The molecule has 1 aromatic heterocycles. The Morgan fingerprint density at radius 2 is 2.33 bits per heavy atom. The van der Waals surface area contributed by atoms with Gasteiger partial charge in [0.15, 0.2) is 5.16 Å². The molecule has 4 N–H and O–H groups in total. The number of carbonyl (C=O) groups is 1. The number of nitrogen functional groups attached to an aromatic ring is 1. The Morgan fingerprint density at radius 1 is 1.56 bits per heavy atom. The molecule has 1 aliphatic rings. The summed E-state index contributed by atoms with van der Waals surface area (Å²) in [5.41, 5.74) is 5.66. The predicted octanol–water partition coefficient (Wildman–Crippen LogP) is 0.861. The van der Waals surface area contributed by atoms with Gasteiger partial charge in [0, 0.05) is 25.1 Å². The van der Waals surface area contributed by atoms with Crippen molar-refractivity contribution in [2.24, 2.45) is 0 Å². The van der Waals surface area contributed by atoms with Crippen LogP contribution in [-0.2, 0) is 4.79 Å². The van der Waals surface area contributed by atoms with Crippen molar-refractivity contribution in [2.45, 2.75) is 30.5 Å². The van der Waals surface area contributed by atoms with Gasteiger partial charge in [-0.1, -0.05) is 11.8 Å². The third kappa shape index (κ3) is 4.06. The Kier molecular flexibility index (Phi) is 4.24. The second-order valence-electron chi connectivity index (χ2n) is 4.18. The van der Waals surface area contributed by atoms with E-state index in [2.05, 4.69) is 20.6 Å². The molecule has 1 saturated carbocycles. The fourth-order valence-electron chi connectivity index (χ4n) is 1.46. The van der Waals surface area contributed by atoms with Gasteiger partial charge in [0.2, 0.25) is 5.91 Å². The van der Waals surface area contributed by atoms with Crippen LogP contribution in [0.25, 0.3) is 0 Å². The summed E-state index contributed by atoms with van der Waals surface area (Å²) >= 11 is 1.43. The van der Waals surface area contributed by atoms with Gasteiger partial charge in [-0.05, 0) is 19.1 Å². The van der Waals surface area contributed by atoms with Crippen molar-refractivity contribution in [1.29, 1.82) is 0 Å². The summed E-state index contributed by atoms with van der Waals surface area (Å²) in [4.78, 5) is 19.8. The molecule has 6 nitrogen and oxygen atoms in total. The van der Waals surface area contributed by atoms with Gasteiger partial charge >= 0.3 is 0 Å². The van der Waals surface area contributed by atoms with E-state index in [-0.39, 0.29) is 5.91 Å². The molecular formula is C11H17N5OS. The zero-order valence-electron chi connectivity index (χ0n) is 10.3. The smallest absolute Gasteiger partial charge is 0.221 e. The average molecular weight is 267 g/mol. The molecule has 0 aromatic carbocycles. The lowest BCUT2D eigenvalue weighted by atomic mass is 10.4. The van der Waals surface area contributed by atoms with Crippen LogP contribution >= 0.6 is 11.8 Å². The van der Waals surface area contributed by atoms with E-state index in [1.54, 1.807) is 6.07 Å². The molecule has 0 bridgehead atoms. The summed E-state index contributed by atoms with van der Waals surface area (Å²) in [6.07, 6.45) is 4.55. The molecule has 0 unspecified atom stereocenters. The SMILES string of the molecule is CSc1nc(N)cc(NCCC(=O)NC2CC2)n1. The number of rotatable bonds is 6. The van der Waals surface area contributed by atoms with Crippen molar-refractivity contribution in [1.82, 2.24) is 15.3 Å². The van der Waals surface area contributed by atoms with Crippen LogP contribution in [-0.4, -0.2) is 34.7 Å². The maximum absolute atomic E-state index is 11.5. The Hall–Kier alpha value is -1.50. The van der Waals surface area contributed by atoms with Crippen molar-refractivity contribution in [3.05, 3.63) is 6.07 Å². The van der Waals surface area contributed by atoms with Gasteiger partial charge in [0.25, 0.3) is 0 Å². The van der Waals surface area contributed by atoms with Crippen LogP contribution in [0.1, 0.15) is 19.3 Å². The van der Waals surface area contributed by atoms with Gasteiger partial charge in [-0.3, -0.25) is 4.79 Å². The Balaban J connectivity index is 1.78. The second kappa shape index (κ2) is 5.90. The summed E-state index contributed by atoms with van der Waals surface area (Å²) in [6, 6.07) is 2.08. The molecule has 18 heavy (non-hydrogen) atoms. The molecule has 2 rings (SSSR count). The van der Waals surface area contributed by atoms with Crippen LogP contribution < -0.4 is 16.4 Å². The van der Waals surface area contributed by atoms with Crippen molar-refractivity contribution < 1.29 is 4.79 Å². The molecule has 1 heterocycles. The van der Waals surface area contributed by atoms with Crippen LogP contribution in [0.5, 0.6) is 0 Å². The molecule has 98 valence electrons.